The second-order valence-electron chi connectivity index (χ2n) is 4.59. The Hall–Kier alpha value is -2.04. The Labute approximate surface area is 138 Å². The molecule has 0 aromatic heterocycles. The fourth-order valence-electron chi connectivity index (χ4n) is 1.75. The lowest BCUT2D eigenvalue weighted by atomic mass is 10.2. The zero-order valence-electron chi connectivity index (χ0n) is 11.7. The highest BCUT2D eigenvalue weighted by atomic mass is 35.5. The molecule has 0 saturated carbocycles. The number of amides is 1. The van der Waals surface area contributed by atoms with Crippen molar-refractivity contribution in [2.45, 2.75) is 13.0 Å². The highest BCUT2D eigenvalue weighted by molar-refractivity contribution is 6.35. The van der Waals surface area contributed by atoms with E-state index in [0.29, 0.717) is 27.0 Å². The number of hydrogen-bond acceptors (Lipinski definition) is 3. The molecule has 1 N–H and O–H groups in total. The molecule has 4 nitrogen and oxygen atoms in total. The molecule has 0 aliphatic rings. The van der Waals surface area contributed by atoms with Crippen molar-refractivity contribution >= 4 is 41.1 Å². The summed E-state index contributed by atoms with van der Waals surface area (Å²) < 4.78 is 5.51. The van der Waals surface area contributed by atoms with Gasteiger partial charge in [0, 0.05) is 21.3 Å². The van der Waals surface area contributed by atoms with Crippen molar-refractivity contribution in [2.75, 3.05) is 5.32 Å². The van der Waals surface area contributed by atoms with Crippen molar-refractivity contribution in [3.05, 3.63) is 58.1 Å². The van der Waals surface area contributed by atoms with Crippen LogP contribution in [-0.4, -0.2) is 18.3 Å². The lowest BCUT2D eigenvalue weighted by molar-refractivity contribution is -0.122. The van der Waals surface area contributed by atoms with Gasteiger partial charge in [-0.15, -0.1) is 0 Å². The average molecular weight is 338 g/mol. The van der Waals surface area contributed by atoms with E-state index >= 15 is 0 Å². The Bertz CT molecular complexity index is 666. The number of anilines is 1. The number of nitrogens with one attached hydrogen (secondary N) is 1. The van der Waals surface area contributed by atoms with Gasteiger partial charge in [0.15, 0.2) is 6.10 Å². The maximum absolute atomic E-state index is 12.1. The zero-order valence-corrected chi connectivity index (χ0v) is 13.2. The number of hydrogen-bond donors (Lipinski definition) is 1. The molecule has 22 heavy (non-hydrogen) atoms. The van der Waals surface area contributed by atoms with E-state index in [1.807, 2.05) is 0 Å². The summed E-state index contributed by atoms with van der Waals surface area (Å²) in [4.78, 5) is 22.7. The van der Waals surface area contributed by atoms with Gasteiger partial charge in [0.1, 0.15) is 12.0 Å². The van der Waals surface area contributed by atoms with E-state index < -0.39 is 6.10 Å². The van der Waals surface area contributed by atoms with Crippen LogP contribution in [0.3, 0.4) is 0 Å². The molecule has 1 atom stereocenters. The molecule has 2 rings (SSSR count). The van der Waals surface area contributed by atoms with Crippen LogP contribution in [0.15, 0.2) is 42.5 Å². The van der Waals surface area contributed by atoms with E-state index in [2.05, 4.69) is 5.32 Å². The Balaban J connectivity index is 2.00. The summed E-state index contributed by atoms with van der Waals surface area (Å²) in [7, 11) is 0. The van der Waals surface area contributed by atoms with Gasteiger partial charge in [-0.25, -0.2) is 0 Å². The maximum Gasteiger partial charge on any atom is 0.265 e. The van der Waals surface area contributed by atoms with Crippen molar-refractivity contribution in [3.63, 3.8) is 0 Å². The summed E-state index contributed by atoms with van der Waals surface area (Å²) in [5.41, 5.74) is 1.03. The largest absolute Gasteiger partial charge is 0.481 e. The van der Waals surface area contributed by atoms with E-state index in [1.54, 1.807) is 49.4 Å². The van der Waals surface area contributed by atoms with Gasteiger partial charge in [0.25, 0.3) is 5.91 Å². The lowest BCUT2D eigenvalue weighted by Crippen LogP contribution is -2.30. The molecule has 0 aliphatic heterocycles. The molecule has 0 radical (unpaired) electrons. The second-order valence-corrected chi connectivity index (χ2v) is 5.47. The standard InChI is InChI=1S/C16H13Cl2NO3/c1-10(22-15-4-2-11(9-20)3-5-15)16(21)19-14-7-12(17)6-13(18)8-14/h2-10H,1H3,(H,19,21). The van der Waals surface area contributed by atoms with E-state index in [-0.39, 0.29) is 5.91 Å². The summed E-state index contributed by atoms with van der Waals surface area (Å²) in [6.45, 7) is 1.62. The van der Waals surface area contributed by atoms with Crippen LogP contribution < -0.4 is 10.1 Å². The topological polar surface area (TPSA) is 55.4 Å². The van der Waals surface area contributed by atoms with Crippen LogP contribution in [0.5, 0.6) is 5.75 Å². The van der Waals surface area contributed by atoms with Gasteiger partial charge in [0.2, 0.25) is 0 Å². The van der Waals surface area contributed by atoms with Gasteiger partial charge in [-0.1, -0.05) is 23.2 Å². The molecule has 0 spiro atoms. The highest BCUT2D eigenvalue weighted by Crippen LogP contribution is 2.23. The molecule has 2 aromatic carbocycles. The van der Waals surface area contributed by atoms with Crippen LogP contribution in [-0.2, 0) is 4.79 Å². The number of aldehydes is 1. The normalized spacial score (nSPS) is 11.6. The molecular formula is C16H13Cl2NO3. The first-order valence-electron chi connectivity index (χ1n) is 6.47. The van der Waals surface area contributed by atoms with Crippen molar-refractivity contribution in [3.8, 4) is 5.75 Å². The monoisotopic (exact) mass is 337 g/mol. The molecule has 0 aliphatic carbocycles. The minimum Gasteiger partial charge on any atom is -0.481 e. The number of rotatable bonds is 5. The van der Waals surface area contributed by atoms with Crippen LogP contribution in [0.4, 0.5) is 5.69 Å². The number of carbonyl (C=O) groups excluding carboxylic acids is 2. The molecule has 1 amide bonds. The third-order valence-corrected chi connectivity index (χ3v) is 3.26. The van der Waals surface area contributed by atoms with Crippen molar-refractivity contribution in [2.24, 2.45) is 0 Å². The van der Waals surface area contributed by atoms with Crippen LogP contribution in [0.1, 0.15) is 17.3 Å². The minimum absolute atomic E-state index is 0.335. The summed E-state index contributed by atoms with van der Waals surface area (Å²) in [6, 6.07) is 11.3. The van der Waals surface area contributed by atoms with E-state index in [9.17, 15) is 9.59 Å². The van der Waals surface area contributed by atoms with Gasteiger partial charge in [-0.05, 0) is 49.4 Å². The number of benzene rings is 2. The molecule has 0 bridgehead atoms. The summed E-state index contributed by atoms with van der Waals surface area (Å²) in [6.07, 6.45) is 0.0165. The minimum atomic E-state index is -0.722. The Morgan fingerprint density at radius 3 is 2.27 bits per heavy atom. The molecule has 0 saturated heterocycles. The Morgan fingerprint density at radius 1 is 1.14 bits per heavy atom. The molecule has 114 valence electrons. The van der Waals surface area contributed by atoms with Crippen molar-refractivity contribution in [1.82, 2.24) is 0 Å². The van der Waals surface area contributed by atoms with Crippen LogP contribution >= 0.6 is 23.2 Å². The fourth-order valence-corrected chi connectivity index (χ4v) is 2.28. The Morgan fingerprint density at radius 2 is 1.73 bits per heavy atom. The second kappa shape index (κ2) is 7.29. The SMILES string of the molecule is CC(Oc1ccc(C=O)cc1)C(=O)Nc1cc(Cl)cc(Cl)c1. The third kappa shape index (κ3) is 4.48. The van der Waals surface area contributed by atoms with E-state index in [1.165, 1.54) is 0 Å². The van der Waals surface area contributed by atoms with E-state index in [4.69, 9.17) is 27.9 Å². The highest BCUT2D eigenvalue weighted by Gasteiger charge is 2.15. The first kappa shape index (κ1) is 16.3. The average Bonchev–Trinajstić information content (AvgIpc) is 2.46. The summed E-state index contributed by atoms with van der Waals surface area (Å²) >= 11 is 11.8. The number of halogens is 2. The number of ether oxygens (including phenoxy) is 1. The van der Waals surface area contributed by atoms with Gasteiger partial charge in [0.05, 0.1) is 0 Å². The zero-order chi connectivity index (χ0) is 16.1. The van der Waals surface area contributed by atoms with Gasteiger partial charge < -0.3 is 10.1 Å². The molecule has 6 heteroatoms. The van der Waals surface area contributed by atoms with Crippen LogP contribution in [0.2, 0.25) is 10.0 Å². The van der Waals surface area contributed by atoms with Crippen LogP contribution in [0, 0.1) is 0 Å². The first-order chi connectivity index (χ1) is 10.5. The lowest BCUT2D eigenvalue weighted by Gasteiger charge is -2.15. The number of carbonyl (C=O) groups is 2. The van der Waals surface area contributed by atoms with Gasteiger partial charge in [-0.2, -0.15) is 0 Å². The summed E-state index contributed by atoms with van der Waals surface area (Å²) in [5.74, 6) is 0.162. The van der Waals surface area contributed by atoms with Gasteiger partial charge >= 0.3 is 0 Å². The Kier molecular flexibility index (Phi) is 5.41. The summed E-state index contributed by atoms with van der Waals surface area (Å²) in [5, 5.41) is 3.54. The predicted octanol–water partition coefficient (Wildman–Crippen LogP) is 4.21. The van der Waals surface area contributed by atoms with Crippen molar-refractivity contribution in [1.29, 1.82) is 0 Å². The molecule has 0 fully saturated rings. The quantitative estimate of drug-likeness (QED) is 0.831. The first-order valence-corrected chi connectivity index (χ1v) is 7.22. The molecular weight excluding hydrogens is 325 g/mol. The molecule has 1 unspecified atom stereocenters. The smallest absolute Gasteiger partial charge is 0.265 e. The van der Waals surface area contributed by atoms with Gasteiger partial charge in [-0.3, -0.25) is 9.59 Å². The van der Waals surface area contributed by atoms with Crippen molar-refractivity contribution < 1.29 is 14.3 Å². The van der Waals surface area contributed by atoms with Crippen LogP contribution in [0.25, 0.3) is 0 Å². The van der Waals surface area contributed by atoms with E-state index in [0.717, 1.165) is 6.29 Å². The maximum atomic E-state index is 12.1. The fraction of sp³-hybridized carbons (Fsp3) is 0.125. The molecule has 0 heterocycles. The third-order valence-electron chi connectivity index (χ3n) is 2.83. The molecule has 2 aromatic rings. The predicted molar refractivity (Wildman–Crippen MR) is 87.0 cm³/mol.